The number of aliphatic hydroxyl groups is 1. The summed E-state index contributed by atoms with van der Waals surface area (Å²) in [5, 5.41) is 12.9. The molecule has 2 aromatic carbocycles. The maximum absolute atomic E-state index is 14.0. The summed E-state index contributed by atoms with van der Waals surface area (Å²) < 4.78 is 52.5. The van der Waals surface area contributed by atoms with E-state index in [4.69, 9.17) is 9.47 Å². The number of hydrogen-bond acceptors (Lipinski definition) is 6. The Morgan fingerprint density at radius 3 is 2.70 bits per heavy atom. The molecule has 2 aliphatic heterocycles. The molecule has 10 heteroatoms. The zero-order chi connectivity index (χ0) is 32.4. The lowest BCUT2D eigenvalue weighted by atomic mass is 9.48. The maximum atomic E-state index is 14.0. The molecule has 7 rings (SSSR count). The van der Waals surface area contributed by atoms with Gasteiger partial charge in [-0.2, -0.15) is 13.2 Å². The first-order valence-corrected chi connectivity index (χ1v) is 16.6. The Kier molecular flexibility index (Phi) is 7.74. The average molecular weight is 639 g/mol. The highest BCUT2D eigenvalue weighted by atomic mass is 19.4. The average Bonchev–Trinajstić information content (AvgIpc) is 3.76. The van der Waals surface area contributed by atoms with Crippen LogP contribution in [-0.2, 0) is 27.6 Å². The summed E-state index contributed by atoms with van der Waals surface area (Å²) in [5.41, 5.74) is -0.384. The van der Waals surface area contributed by atoms with Crippen LogP contribution in [0.2, 0.25) is 0 Å². The lowest BCUT2D eigenvalue weighted by Gasteiger charge is -2.65. The van der Waals surface area contributed by atoms with Crippen molar-refractivity contribution in [1.29, 1.82) is 0 Å². The van der Waals surface area contributed by atoms with E-state index in [1.54, 1.807) is 17.0 Å². The number of ether oxygens (including phenoxy) is 2. The van der Waals surface area contributed by atoms with Crippen LogP contribution in [0.3, 0.4) is 0 Å². The van der Waals surface area contributed by atoms with Crippen molar-refractivity contribution in [3.05, 3.63) is 64.7 Å². The molecular formula is C36H41F3N2O5. The van der Waals surface area contributed by atoms with Gasteiger partial charge in [-0.15, -0.1) is 0 Å². The van der Waals surface area contributed by atoms with Crippen molar-refractivity contribution in [2.45, 2.75) is 101 Å². The number of likely N-dealkylation sites (tertiary alicyclic amines) is 1. The summed E-state index contributed by atoms with van der Waals surface area (Å²) in [7, 11) is 0. The van der Waals surface area contributed by atoms with Crippen LogP contribution >= 0.6 is 0 Å². The van der Waals surface area contributed by atoms with Crippen molar-refractivity contribution in [1.82, 2.24) is 9.80 Å². The van der Waals surface area contributed by atoms with Crippen LogP contribution in [0.1, 0.15) is 81.0 Å². The summed E-state index contributed by atoms with van der Waals surface area (Å²) >= 11 is 0. The molecule has 2 heterocycles. The van der Waals surface area contributed by atoms with Crippen molar-refractivity contribution in [3.8, 4) is 11.5 Å². The quantitative estimate of drug-likeness (QED) is 0.209. The van der Waals surface area contributed by atoms with Gasteiger partial charge in [0.25, 0.3) is 0 Å². The second-order valence-corrected chi connectivity index (χ2v) is 13.8. The van der Waals surface area contributed by atoms with Gasteiger partial charge in [0, 0.05) is 37.7 Å². The van der Waals surface area contributed by atoms with Gasteiger partial charge in [-0.3, -0.25) is 14.5 Å². The van der Waals surface area contributed by atoms with Crippen molar-refractivity contribution in [3.63, 3.8) is 0 Å². The molecule has 7 nitrogen and oxygen atoms in total. The number of rotatable bonds is 9. The Morgan fingerprint density at radius 1 is 1.17 bits per heavy atom. The lowest BCUT2D eigenvalue weighted by molar-refractivity contribution is -0.201. The topological polar surface area (TPSA) is 79.3 Å². The van der Waals surface area contributed by atoms with E-state index < -0.39 is 40.9 Å². The van der Waals surface area contributed by atoms with E-state index in [2.05, 4.69) is 4.90 Å². The first kappa shape index (κ1) is 31.2. The highest BCUT2D eigenvalue weighted by Crippen LogP contribution is 2.66. The minimum absolute atomic E-state index is 0.0903. The Hall–Kier alpha value is -3.37. The Labute approximate surface area is 267 Å². The van der Waals surface area contributed by atoms with Crippen LogP contribution in [0, 0.1) is 5.92 Å². The fourth-order valence-electron chi connectivity index (χ4n) is 8.85. The zero-order valence-corrected chi connectivity index (χ0v) is 26.3. The van der Waals surface area contributed by atoms with E-state index in [0.717, 1.165) is 49.2 Å². The molecule has 46 heavy (non-hydrogen) atoms. The van der Waals surface area contributed by atoms with Gasteiger partial charge >= 0.3 is 12.1 Å². The summed E-state index contributed by atoms with van der Waals surface area (Å²) in [4.78, 5) is 30.4. The largest absolute Gasteiger partial charge is 0.483 e. The zero-order valence-electron chi connectivity index (χ0n) is 26.3. The molecule has 5 atom stereocenters. The molecule has 2 bridgehead atoms. The normalized spacial score (nSPS) is 29.7. The molecule has 1 saturated heterocycles. The van der Waals surface area contributed by atoms with Gasteiger partial charge in [0.15, 0.2) is 11.5 Å². The minimum Gasteiger partial charge on any atom is -0.483 e. The third-order valence-corrected chi connectivity index (χ3v) is 11.0. The Bertz CT molecular complexity index is 1570. The van der Waals surface area contributed by atoms with Crippen LogP contribution in [-0.4, -0.2) is 70.2 Å². The highest BCUT2D eigenvalue weighted by Gasteiger charge is 2.73. The molecular weight excluding hydrogens is 597 g/mol. The van der Waals surface area contributed by atoms with Crippen molar-refractivity contribution < 1.29 is 37.3 Å². The van der Waals surface area contributed by atoms with Gasteiger partial charge in [0.2, 0.25) is 5.91 Å². The molecule has 2 saturated carbocycles. The van der Waals surface area contributed by atoms with Crippen molar-refractivity contribution >= 4 is 18.0 Å². The van der Waals surface area contributed by atoms with E-state index in [-0.39, 0.29) is 17.5 Å². The Morgan fingerprint density at radius 2 is 1.98 bits per heavy atom. The van der Waals surface area contributed by atoms with E-state index in [1.807, 2.05) is 13.0 Å². The fraction of sp³-hybridized carbons (Fsp3) is 0.556. The lowest BCUT2D eigenvalue weighted by Crippen LogP contribution is -2.78. The summed E-state index contributed by atoms with van der Waals surface area (Å²) in [5.74, 6) is 0.701. The third-order valence-electron chi connectivity index (χ3n) is 11.0. The number of hydrogen-bond donors (Lipinski definition) is 1. The minimum atomic E-state index is -4.48. The van der Waals surface area contributed by atoms with Gasteiger partial charge in [-0.05, 0) is 92.8 Å². The standard InChI is InChI=1S/C36H41F3N2O5/c1-3-4-17-41(30(43)13-10-23-6-5-7-26(19-23)36(37,38)39)27-14-15-35(44)29-20-25-11-12-28(45-22(2)42)32-31(25)34(35,33(27)46-32)16-18-40(29)21-24-8-9-24/h5-7,10-13,19,24,27,29,33,44H,3-4,8-9,14-18,20-21H2,1-2H3/t27-,29+,33-,34-,35+/m0/s1. The summed E-state index contributed by atoms with van der Waals surface area (Å²) in [6.45, 7) is 5.59. The molecule has 1 spiro atoms. The Balaban J connectivity index is 1.27. The second-order valence-electron chi connectivity index (χ2n) is 13.8. The molecule has 246 valence electrons. The number of piperidine rings is 1. The van der Waals surface area contributed by atoms with Gasteiger partial charge in [-0.25, -0.2) is 0 Å². The molecule has 0 aromatic heterocycles. The fourth-order valence-corrected chi connectivity index (χ4v) is 8.85. The van der Waals surface area contributed by atoms with E-state index >= 15 is 0 Å². The summed E-state index contributed by atoms with van der Waals surface area (Å²) in [6.07, 6.45) is 4.04. The van der Waals surface area contributed by atoms with Crippen LogP contribution in [0.15, 0.2) is 42.5 Å². The van der Waals surface area contributed by atoms with Gasteiger partial charge in [0.05, 0.1) is 22.6 Å². The van der Waals surface area contributed by atoms with Gasteiger partial charge < -0.3 is 19.5 Å². The smallest absolute Gasteiger partial charge is 0.416 e. The molecule has 1 amide bonds. The maximum Gasteiger partial charge on any atom is 0.416 e. The predicted molar refractivity (Wildman–Crippen MR) is 165 cm³/mol. The van der Waals surface area contributed by atoms with Crippen LogP contribution in [0.4, 0.5) is 13.2 Å². The second kappa shape index (κ2) is 11.4. The van der Waals surface area contributed by atoms with Gasteiger partial charge in [-0.1, -0.05) is 31.5 Å². The third kappa shape index (κ3) is 5.03. The molecule has 3 aliphatic carbocycles. The number of halogens is 3. The molecule has 2 aromatic rings. The van der Waals surface area contributed by atoms with E-state index in [9.17, 15) is 27.9 Å². The number of amides is 1. The number of alkyl halides is 3. The van der Waals surface area contributed by atoms with Crippen LogP contribution in [0.5, 0.6) is 11.5 Å². The molecule has 3 fully saturated rings. The SMILES string of the molecule is CCCCN(C(=O)C=Cc1cccc(C(F)(F)F)c1)[C@H]1CC[C@@]2(O)[C@H]3Cc4ccc(OC(C)=O)c5c4[C@@]2(CCN3CC2CC2)[C@H]1O5. The molecule has 0 radical (unpaired) electrons. The van der Waals surface area contributed by atoms with Crippen molar-refractivity contribution in [2.24, 2.45) is 5.92 Å². The predicted octanol–water partition coefficient (Wildman–Crippen LogP) is 5.91. The molecule has 5 aliphatic rings. The number of carbonyl (C=O) groups excluding carboxylic acids is 2. The number of unbranched alkanes of at least 4 members (excludes halogenated alkanes) is 1. The monoisotopic (exact) mass is 638 g/mol. The van der Waals surface area contributed by atoms with E-state index in [1.165, 1.54) is 38.0 Å². The summed E-state index contributed by atoms with van der Waals surface area (Å²) in [6, 6.07) is 8.21. The van der Waals surface area contributed by atoms with Crippen LogP contribution < -0.4 is 9.47 Å². The first-order chi connectivity index (χ1) is 22.0. The van der Waals surface area contributed by atoms with Crippen molar-refractivity contribution in [2.75, 3.05) is 19.6 Å². The molecule has 0 unspecified atom stereocenters. The number of nitrogens with zero attached hydrogens (tertiary/aromatic N) is 2. The van der Waals surface area contributed by atoms with Crippen LogP contribution in [0.25, 0.3) is 6.08 Å². The van der Waals surface area contributed by atoms with Gasteiger partial charge in [0.1, 0.15) is 6.10 Å². The van der Waals surface area contributed by atoms with E-state index in [0.29, 0.717) is 49.6 Å². The number of benzene rings is 2. The molecule has 1 N–H and O–H groups in total. The first-order valence-electron chi connectivity index (χ1n) is 16.6. The highest BCUT2D eigenvalue weighted by molar-refractivity contribution is 5.92. The number of carbonyl (C=O) groups is 2. The number of esters is 1.